The van der Waals surface area contributed by atoms with E-state index in [2.05, 4.69) is 15.3 Å². The maximum Gasteiger partial charge on any atom is 0.341 e. The summed E-state index contributed by atoms with van der Waals surface area (Å²) in [7, 11) is 0. The number of rotatable bonds is 3. The Labute approximate surface area is 99.8 Å². The van der Waals surface area contributed by atoms with Crippen LogP contribution in [0.3, 0.4) is 0 Å². The smallest absolute Gasteiger partial charge is 0.341 e. The van der Waals surface area contributed by atoms with Gasteiger partial charge in [-0.05, 0) is 11.6 Å². The third-order valence-electron chi connectivity index (χ3n) is 2.42. The van der Waals surface area contributed by atoms with Crippen molar-refractivity contribution in [3.63, 3.8) is 0 Å². The van der Waals surface area contributed by atoms with Crippen molar-refractivity contribution < 1.29 is 18.7 Å². The zero-order valence-electron chi connectivity index (χ0n) is 8.45. The van der Waals surface area contributed by atoms with Crippen LogP contribution in [0.1, 0.15) is 23.2 Å². The van der Waals surface area contributed by atoms with Gasteiger partial charge in [-0.1, -0.05) is 0 Å². The highest BCUT2D eigenvalue weighted by molar-refractivity contribution is 6.28. The summed E-state index contributed by atoms with van der Waals surface area (Å²) in [5, 5.41) is 11.3. The molecule has 1 heterocycles. The number of anilines is 1. The molecule has 1 aromatic rings. The molecule has 1 aliphatic carbocycles. The first-order valence-corrected chi connectivity index (χ1v) is 5.15. The molecule has 0 bridgehead atoms. The molecule has 0 aromatic carbocycles. The molecule has 2 N–H and O–H groups in total. The van der Waals surface area contributed by atoms with E-state index < -0.39 is 17.9 Å². The number of aromatic nitrogens is 2. The maximum absolute atomic E-state index is 12.6. The molecule has 1 saturated carbocycles. The highest BCUT2D eigenvalue weighted by Crippen LogP contribution is 2.39. The molecule has 0 aliphatic heterocycles. The number of carboxylic acid groups (broad SMARTS) is 1. The Bertz CT molecular complexity index is 462. The number of hydrogen-bond donors (Lipinski definition) is 2. The maximum atomic E-state index is 12.6. The van der Waals surface area contributed by atoms with Gasteiger partial charge in [0.05, 0.1) is 0 Å². The van der Waals surface area contributed by atoms with Crippen LogP contribution >= 0.6 is 11.6 Å². The summed E-state index contributed by atoms with van der Waals surface area (Å²) in [6.45, 7) is 0. The van der Waals surface area contributed by atoms with Crippen LogP contribution in [0.5, 0.6) is 0 Å². The van der Waals surface area contributed by atoms with E-state index >= 15 is 0 Å². The number of nitrogens with zero attached hydrogens (tertiary/aromatic N) is 2. The first-order valence-electron chi connectivity index (χ1n) is 4.77. The van der Waals surface area contributed by atoms with Crippen molar-refractivity contribution in [1.82, 2.24) is 9.97 Å². The molecule has 0 radical (unpaired) electrons. The van der Waals surface area contributed by atoms with Crippen molar-refractivity contribution in [3.8, 4) is 0 Å². The number of halogens is 3. The van der Waals surface area contributed by atoms with Crippen molar-refractivity contribution >= 4 is 23.4 Å². The number of carbonyl (C=O) groups is 1. The fourth-order valence-electron chi connectivity index (χ4n) is 1.58. The van der Waals surface area contributed by atoms with Crippen molar-refractivity contribution in [2.24, 2.45) is 0 Å². The molecule has 2 rings (SSSR count). The summed E-state index contributed by atoms with van der Waals surface area (Å²) in [4.78, 5) is 18.0. The second-order valence-corrected chi connectivity index (χ2v) is 4.15. The van der Waals surface area contributed by atoms with Crippen LogP contribution < -0.4 is 5.32 Å². The second-order valence-electron chi connectivity index (χ2n) is 3.81. The van der Waals surface area contributed by atoms with Crippen LogP contribution in [0.4, 0.5) is 14.6 Å². The van der Waals surface area contributed by atoms with Crippen molar-refractivity contribution in [3.05, 3.63) is 17.0 Å². The van der Waals surface area contributed by atoms with Crippen LogP contribution in [0.25, 0.3) is 0 Å². The van der Waals surface area contributed by atoms with Crippen LogP contribution in [-0.4, -0.2) is 33.0 Å². The molecule has 0 atom stereocenters. The topological polar surface area (TPSA) is 75.1 Å². The number of aromatic carboxylic acids is 1. The average Bonchev–Trinajstić information content (AvgIpc) is 2.14. The number of alkyl halides is 2. The SMILES string of the molecule is O=C(O)c1cnc(Cl)nc1NC1CC(F)(F)C1. The van der Waals surface area contributed by atoms with E-state index in [1.807, 2.05) is 0 Å². The van der Waals surface area contributed by atoms with Gasteiger partial charge in [0, 0.05) is 25.1 Å². The molecule has 92 valence electrons. The van der Waals surface area contributed by atoms with Gasteiger partial charge in [0.15, 0.2) is 0 Å². The minimum Gasteiger partial charge on any atom is -0.477 e. The van der Waals surface area contributed by atoms with E-state index in [0.29, 0.717) is 0 Å². The van der Waals surface area contributed by atoms with Crippen molar-refractivity contribution in [2.45, 2.75) is 24.8 Å². The monoisotopic (exact) mass is 263 g/mol. The molecule has 0 spiro atoms. The van der Waals surface area contributed by atoms with Gasteiger partial charge in [0.1, 0.15) is 11.4 Å². The molecule has 0 unspecified atom stereocenters. The summed E-state index contributed by atoms with van der Waals surface area (Å²) in [5.74, 6) is -3.95. The van der Waals surface area contributed by atoms with Crippen LogP contribution in [-0.2, 0) is 0 Å². The quantitative estimate of drug-likeness (QED) is 0.816. The highest BCUT2D eigenvalue weighted by atomic mass is 35.5. The molecular formula is C9H8ClF2N3O2. The van der Waals surface area contributed by atoms with E-state index in [1.54, 1.807) is 0 Å². The predicted molar refractivity (Wildman–Crippen MR) is 55.6 cm³/mol. The fraction of sp³-hybridized carbons (Fsp3) is 0.444. The van der Waals surface area contributed by atoms with Gasteiger partial charge in [-0.3, -0.25) is 0 Å². The molecule has 0 saturated heterocycles. The van der Waals surface area contributed by atoms with Gasteiger partial charge < -0.3 is 10.4 Å². The standard InChI is InChI=1S/C9H8ClF2N3O2/c10-8-13-3-5(7(16)17)6(15-8)14-4-1-9(11,12)2-4/h3-4H,1-2H2,(H,16,17)(H,13,14,15). The highest BCUT2D eigenvalue weighted by Gasteiger charge is 2.45. The zero-order valence-corrected chi connectivity index (χ0v) is 9.21. The van der Waals surface area contributed by atoms with Gasteiger partial charge >= 0.3 is 5.97 Å². The minimum atomic E-state index is -2.68. The first kappa shape index (κ1) is 12.0. The Balaban J connectivity index is 2.15. The summed E-state index contributed by atoms with van der Waals surface area (Å²) in [6, 6.07) is -0.492. The van der Waals surface area contributed by atoms with E-state index in [4.69, 9.17) is 16.7 Å². The molecule has 17 heavy (non-hydrogen) atoms. The summed E-state index contributed by atoms with van der Waals surface area (Å²) in [5.41, 5.74) is -0.190. The molecule has 1 aromatic heterocycles. The normalized spacial score (nSPS) is 18.5. The molecule has 1 aliphatic rings. The number of hydrogen-bond acceptors (Lipinski definition) is 4. The second kappa shape index (κ2) is 4.06. The number of carboxylic acids is 1. The van der Waals surface area contributed by atoms with Crippen LogP contribution in [0.2, 0.25) is 5.28 Å². The van der Waals surface area contributed by atoms with Gasteiger partial charge in [-0.25, -0.2) is 18.6 Å². The Morgan fingerprint density at radius 1 is 1.59 bits per heavy atom. The fourth-order valence-corrected chi connectivity index (χ4v) is 1.72. The van der Waals surface area contributed by atoms with E-state index in [-0.39, 0.29) is 29.5 Å². The Morgan fingerprint density at radius 3 is 2.76 bits per heavy atom. The zero-order chi connectivity index (χ0) is 12.6. The van der Waals surface area contributed by atoms with Gasteiger partial charge in [0.2, 0.25) is 5.28 Å². The summed E-state index contributed by atoms with van der Waals surface area (Å²) < 4.78 is 25.2. The molecule has 5 nitrogen and oxygen atoms in total. The van der Waals surface area contributed by atoms with Crippen molar-refractivity contribution in [2.75, 3.05) is 5.32 Å². The third-order valence-corrected chi connectivity index (χ3v) is 2.60. The van der Waals surface area contributed by atoms with Gasteiger partial charge in [-0.15, -0.1) is 0 Å². The van der Waals surface area contributed by atoms with E-state index in [9.17, 15) is 13.6 Å². The minimum absolute atomic E-state index is 0.0296. The van der Waals surface area contributed by atoms with Crippen molar-refractivity contribution in [1.29, 1.82) is 0 Å². The first-order chi connectivity index (χ1) is 7.87. The van der Waals surface area contributed by atoms with E-state index in [0.717, 1.165) is 6.20 Å². The summed E-state index contributed by atoms with van der Waals surface area (Å²) >= 11 is 5.52. The average molecular weight is 264 g/mol. The Kier molecular flexibility index (Phi) is 2.86. The van der Waals surface area contributed by atoms with Crippen LogP contribution in [0, 0.1) is 0 Å². The lowest BCUT2D eigenvalue weighted by Crippen LogP contribution is -2.44. The van der Waals surface area contributed by atoms with E-state index in [1.165, 1.54) is 0 Å². The van der Waals surface area contributed by atoms with Gasteiger partial charge in [0.25, 0.3) is 5.92 Å². The number of nitrogens with one attached hydrogen (secondary N) is 1. The molecule has 0 amide bonds. The Morgan fingerprint density at radius 2 is 2.24 bits per heavy atom. The molecule has 8 heteroatoms. The summed E-state index contributed by atoms with van der Waals surface area (Å²) in [6.07, 6.45) is 0.359. The van der Waals surface area contributed by atoms with Gasteiger partial charge in [-0.2, -0.15) is 4.98 Å². The predicted octanol–water partition coefficient (Wildman–Crippen LogP) is 2.04. The molecule has 1 fully saturated rings. The lowest BCUT2D eigenvalue weighted by atomic mass is 9.88. The molecular weight excluding hydrogens is 256 g/mol. The lowest BCUT2D eigenvalue weighted by Gasteiger charge is -2.35. The lowest BCUT2D eigenvalue weighted by molar-refractivity contribution is -0.0794. The third kappa shape index (κ3) is 2.60. The largest absolute Gasteiger partial charge is 0.477 e. The van der Waals surface area contributed by atoms with Crippen LogP contribution in [0.15, 0.2) is 6.20 Å². The Hall–Kier alpha value is -1.50.